The summed E-state index contributed by atoms with van der Waals surface area (Å²) in [6.45, 7) is 5.93. The molecule has 4 aromatic rings. The van der Waals surface area contributed by atoms with E-state index in [0.717, 1.165) is 67.6 Å². The minimum absolute atomic E-state index is 0.0324. The van der Waals surface area contributed by atoms with Crippen LogP contribution in [0, 0.1) is 16.0 Å². The zero-order chi connectivity index (χ0) is 34.4. The topological polar surface area (TPSA) is 122 Å². The molecule has 2 heterocycles. The lowest BCUT2D eigenvalue weighted by atomic mass is 9.89. The number of aromatic nitrogens is 2. The third kappa shape index (κ3) is 8.26. The van der Waals surface area contributed by atoms with Crippen LogP contribution in [0.3, 0.4) is 0 Å². The van der Waals surface area contributed by atoms with Crippen LogP contribution in [0.5, 0.6) is 0 Å². The molecule has 252 valence electrons. The van der Waals surface area contributed by atoms with Gasteiger partial charge in [-0.15, -0.1) is 0 Å². The first kappa shape index (κ1) is 34.3. The standard InChI is InChI=1S/C35H37F3N6O4/c1-23(2)33(45)40-27-10-6-9-26(21-27)24-15-18-42(19-16-24)20-17-31(25-7-4-3-5-8-25)41-34(46)30-22-39-43(32(30)35(36,37)38)28-11-13-29(14-12-28)44(47)48/h3-14,21-24,31H,15-20H2,1-2H3,(H,40,45)(H,41,46)/t31-/m0/s1. The molecule has 13 heteroatoms. The molecule has 48 heavy (non-hydrogen) atoms. The van der Waals surface area contributed by atoms with Crippen LogP contribution < -0.4 is 10.6 Å². The molecule has 1 aromatic heterocycles. The maximum atomic E-state index is 14.3. The number of carbonyl (C=O) groups excluding carboxylic acids is 2. The van der Waals surface area contributed by atoms with Crippen LogP contribution in [-0.2, 0) is 11.0 Å². The van der Waals surface area contributed by atoms with Gasteiger partial charge in [-0.1, -0.05) is 56.3 Å². The SMILES string of the molecule is CC(C)C(=O)Nc1cccc(C2CCN(CC[C@H](NC(=O)c3cnn(-c4ccc([N+](=O)[O-])cc4)c3C(F)(F)F)c3ccccc3)CC2)c1. The van der Waals surface area contributed by atoms with Gasteiger partial charge in [0.2, 0.25) is 5.91 Å². The van der Waals surface area contributed by atoms with E-state index in [-0.39, 0.29) is 23.2 Å². The minimum atomic E-state index is -4.93. The number of hydrogen-bond donors (Lipinski definition) is 2. The van der Waals surface area contributed by atoms with Crippen molar-refractivity contribution in [2.75, 3.05) is 25.0 Å². The maximum Gasteiger partial charge on any atom is 0.434 e. The molecule has 0 aliphatic carbocycles. The van der Waals surface area contributed by atoms with Crippen LogP contribution in [0.4, 0.5) is 24.5 Å². The number of hydrogen-bond acceptors (Lipinski definition) is 6. The predicted molar refractivity (Wildman–Crippen MR) is 175 cm³/mol. The molecule has 3 aromatic carbocycles. The van der Waals surface area contributed by atoms with Crippen molar-refractivity contribution < 1.29 is 27.7 Å². The number of non-ortho nitro benzene ring substituents is 1. The van der Waals surface area contributed by atoms with Gasteiger partial charge in [-0.25, -0.2) is 4.68 Å². The van der Waals surface area contributed by atoms with Crippen molar-refractivity contribution in [3.63, 3.8) is 0 Å². The summed E-state index contributed by atoms with van der Waals surface area (Å²) in [5, 5.41) is 20.6. The van der Waals surface area contributed by atoms with Crippen molar-refractivity contribution in [3.05, 3.63) is 118 Å². The second-order valence-corrected chi connectivity index (χ2v) is 12.2. The van der Waals surface area contributed by atoms with Crippen LogP contribution in [0.25, 0.3) is 5.69 Å². The first-order valence-electron chi connectivity index (χ1n) is 15.8. The van der Waals surface area contributed by atoms with Gasteiger partial charge < -0.3 is 15.5 Å². The monoisotopic (exact) mass is 662 g/mol. The Labute approximate surface area is 276 Å². The third-order valence-electron chi connectivity index (χ3n) is 8.57. The number of nitro groups is 1. The lowest BCUT2D eigenvalue weighted by Crippen LogP contribution is -2.37. The minimum Gasteiger partial charge on any atom is -0.345 e. The van der Waals surface area contributed by atoms with E-state index in [1.165, 1.54) is 5.56 Å². The highest BCUT2D eigenvalue weighted by Crippen LogP contribution is 2.35. The van der Waals surface area contributed by atoms with Crippen LogP contribution in [0.15, 0.2) is 85.1 Å². The van der Waals surface area contributed by atoms with E-state index in [9.17, 15) is 32.9 Å². The molecule has 0 bridgehead atoms. The fourth-order valence-electron chi connectivity index (χ4n) is 5.90. The van der Waals surface area contributed by atoms with Gasteiger partial charge >= 0.3 is 6.18 Å². The van der Waals surface area contributed by atoms with E-state index in [2.05, 4.69) is 26.7 Å². The van der Waals surface area contributed by atoms with Crippen LogP contribution >= 0.6 is 0 Å². The molecular weight excluding hydrogens is 625 g/mol. The number of rotatable bonds is 11. The number of benzene rings is 3. The number of likely N-dealkylation sites (tertiary alicyclic amines) is 1. The van der Waals surface area contributed by atoms with Crippen molar-refractivity contribution in [1.29, 1.82) is 0 Å². The molecule has 1 aliphatic heterocycles. The van der Waals surface area contributed by atoms with Crippen LogP contribution in [0.2, 0.25) is 0 Å². The van der Waals surface area contributed by atoms with Gasteiger partial charge in [0.15, 0.2) is 5.69 Å². The smallest absolute Gasteiger partial charge is 0.345 e. The Morgan fingerprint density at radius 3 is 2.31 bits per heavy atom. The van der Waals surface area contributed by atoms with Crippen molar-refractivity contribution >= 4 is 23.2 Å². The highest BCUT2D eigenvalue weighted by molar-refractivity contribution is 5.95. The first-order valence-corrected chi connectivity index (χ1v) is 15.8. The molecule has 5 rings (SSSR count). The second kappa shape index (κ2) is 14.8. The number of carbonyl (C=O) groups is 2. The summed E-state index contributed by atoms with van der Waals surface area (Å²) in [7, 11) is 0. The van der Waals surface area contributed by atoms with Crippen LogP contribution in [0.1, 0.15) is 72.2 Å². The Kier molecular flexibility index (Phi) is 10.6. The van der Waals surface area contributed by atoms with Gasteiger partial charge in [-0.3, -0.25) is 19.7 Å². The predicted octanol–water partition coefficient (Wildman–Crippen LogP) is 7.13. The Bertz CT molecular complexity index is 1730. The van der Waals surface area contributed by atoms with E-state index in [0.29, 0.717) is 23.6 Å². The van der Waals surface area contributed by atoms with Gasteiger partial charge in [0.25, 0.3) is 11.6 Å². The molecule has 1 atom stereocenters. The number of piperidine rings is 1. The number of halogens is 3. The lowest BCUT2D eigenvalue weighted by molar-refractivity contribution is -0.384. The van der Waals surface area contributed by atoms with Crippen molar-refractivity contribution in [3.8, 4) is 5.69 Å². The van der Waals surface area contributed by atoms with Gasteiger partial charge in [0, 0.05) is 30.3 Å². The highest BCUT2D eigenvalue weighted by Gasteiger charge is 2.41. The molecule has 1 fully saturated rings. The fourth-order valence-corrected chi connectivity index (χ4v) is 5.90. The summed E-state index contributed by atoms with van der Waals surface area (Å²) < 4.78 is 43.6. The molecule has 1 aliphatic rings. The Morgan fingerprint density at radius 1 is 1.00 bits per heavy atom. The van der Waals surface area contributed by atoms with Gasteiger partial charge in [-0.05, 0) is 73.7 Å². The summed E-state index contributed by atoms with van der Waals surface area (Å²) in [6.07, 6.45) is -1.79. The molecule has 0 spiro atoms. The molecule has 1 saturated heterocycles. The Hall–Kier alpha value is -5.04. The van der Waals surface area contributed by atoms with Gasteiger partial charge in [0.05, 0.1) is 28.4 Å². The molecule has 2 N–H and O–H groups in total. The van der Waals surface area contributed by atoms with E-state index in [4.69, 9.17) is 0 Å². The Morgan fingerprint density at radius 2 is 1.69 bits per heavy atom. The van der Waals surface area contributed by atoms with Gasteiger partial charge in [-0.2, -0.15) is 18.3 Å². The third-order valence-corrected chi connectivity index (χ3v) is 8.57. The van der Waals surface area contributed by atoms with E-state index in [1.807, 2.05) is 62.4 Å². The normalized spacial score (nSPS) is 14.9. The fraction of sp³-hybridized carbons (Fsp3) is 0.343. The summed E-state index contributed by atoms with van der Waals surface area (Å²) in [6, 6.07) is 20.9. The number of anilines is 1. The number of nitrogens with zero attached hydrogens (tertiary/aromatic N) is 4. The van der Waals surface area contributed by atoms with Gasteiger partial charge in [0.1, 0.15) is 0 Å². The van der Waals surface area contributed by atoms with E-state index < -0.39 is 34.3 Å². The zero-order valence-corrected chi connectivity index (χ0v) is 26.6. The first-order chi connectivity index (χ1) is 22.9. The average Bonchev–Trinajstić information content (AvgIpc) is 3.54. The lowest BCUT2D eigenvalue weighted by Gasteiger charge is -2.33. The summed E-state index contributed by atoms with van der Waals surface area (Å²) >= 11 is 0. The van der Waals surface area contributed by atoms with Crippen LogP contribution in [-0.4, -0.2) is 51.1 Å². The summed E-state index contributed by atoms with van der Waals surface area (Å²) in [5.74, 6) is -0.745. The number of nitro benzene ring substituents is 1. The number of alkyl halides is 3. The van der Waals surface area contributed by atoms with Crippen molar-refractivity contribution in [2.24, 2.45) is 5.92 Å². The maximum absolute atomic E-state index is 14.3. The van der Waals surface area contributed by atoms with E-state index >= 15 is 0 Å². The average molecular weight is 663 g/mol. The van der Waals surface area contributed by atoms with Crippen molar-refractivity contribution in [2.45, 2.75) is 51.2 Å². The molecule has 2 amide bonds. The number of nitrogens with one attached hydrogen (secondary N) is 2. The molecule has 10 nitrogen and oxygen atoms in total. The molecular formula is C35H37F3N6O4. The highest BCUT2D eigenvalue weighted by atomic mass is 19.4. The molecule has 0 radical (unpaired) electrons. The van der Waals surface area contributed by atoms with Crippen molar-refractivity contribution in [1.82, 2.24) is 20.0 Å². The zero-order valence-electron chi connectivity index (χ0n) is 26.6. The largest absolute Gasteiger partial charge is 0.434 e. The quantitative estimate of drug-likeness (QED) is 0.130. The summed E-state index contributed by atoms with van der Waals surface area (Å²) in [4.78, 5) is 38.3. The second-order valence-electron chi connectivity index (χ2n) is 12.2. The molecule has 0 saturated carbocycles. The summed E-state index contributed by atoms with van der Waals surface area (Å²) in [5.41, 5.74) is 0.445. The van der Waals surface area contributed by atoms with E-state index in [1.54, 1.807) is 0 Å². The Balaban J connectivity index is 1.27. The molecule has 0 unspecified atom stereocenters. The number of amides is 2.